The molecule has 0 bridgehead atoms. The molecule has 0 radical (unpaired) electrons. The highest BCUT2D eigenvalue weighted by Gasteiger charge is 2.24. The Bertz CT molecular complexity index is 506. The van der Waals surface area contributed by atoms with Crippen LogP contribution in [0.2, 0.25) is 0 Å². The Morgan fingerprint density at radius 2 is 1.87 bits per heavy atom. The second-order valence-corrected chi connectivity index (χ2v) is 5.44. The lowest BCUT2D eigenvalue weighted by atomic mass is 10.1. The number of unbranched alkanes of at least 4 members (excludes halogenated alkanes) is 1. The number of halogens is 2. The van der Waals surface area contributed by atoms with Gasteiger partial charge in [-0.3, -0.25) is 9.69 Å². The summed E-state index contributed by atoms with van der Waals surface area (Å²) in [7, 11) is 0. The maximum Gasteiger partial charge on any atom is 0.387 e. The van der Waals surface area contributed by atoms with Crippen LogP contribution in [0.25, 0.3) is 0 Å². The molecule has 0 spiro atoms. The molecule has 1 N–H and O–H groups in total. The summed E-state index contributed by atoms with van der Waals surface area (Å²) in [5.74, 6) is -0.367. The van der Waals surface area contributed by atoms with E-state index in [-0.39, 0.29) is 23.8 Å². The zero-order valence-corrected chi connectivity index (χ0v) is 13.0. The van der Waals surface area contributed by atoms with Crippen LogP contribution in [0.3, 0.4) is 0 Å². The van der Waals surface area contributed by atoms with Gasteiger partial charge in [-0.05, 0) is 31.5 Å². The second kappa shape index (κ2) is 8.79. The number of aliphatic hydroxyl groups is 1. The van der Waals surface area contributed by atoms with E-state index in [1.54, 1.807) is 17.0 Å². The molecule has 0 aliphatic carbocycles. The van der Waals surface area contributed by atoms with Crippen LogP contribution in [-0.2, 0) is 0 Å². The van der Waals surface area contributed by atoms with E-state index in [9.17, 15) is 13.6 Å². The smallest absolute Gasteiger partial charge is 0.387 e. The quantitative estimate of drug-likeness (QED) is 0.776. The summed E-state index contributed by atoms with van der Waals surface area (Å²) in [5, 5.41) is 8.79. The van der Waals surface area contributed by atoms with Crippen molar-refractivity contribution in [3.05, 3.63) is 29.8 Å². The van der Waals surface area contributed by atoms with E-state index in [4.69, 9.17) is 5.11 Å². The fraction of sp³-hybridized carbons (Fsp3) is 0.562. The molecule has 1 amide bonds. The molecule has 1 fully saturated rings. The van der Waals surface area contributed by atoms with Crippen molar-refractivity contribution in [1.82, 2.24) is 9.80 Å². The molecule has 1 aliphatic heterocycles. The summed E-state index contributed by atoms with van der Waals surface area (Å²) >= 11 is 0. The van der Waals surface area contributed by atoms with Crippen molar-refractivity contribution in [2.24, 2.45) is 0 Å². The van der Waals surface area contributed by atoms with E-state index < -0.39 is 6.61 Å². The van der Waals surface area contributed by atoms with Gasteiger partial charge in [0.05, 0.1) is 5.56 Å². The summed E-state index contributed by atoms with van der Waals surface area (Å²) in [6, 6.07) is 6.09. The third-order valence-electron chi connectivity index (χ3n) is 3.88. The van der Waals surface area contributed by atoms with Gasteiger partial charge in [-0.25, -0.2) is 0 Å². The predicted molar refractivity (Wildman–Crippen MR) is 81.7 cm³/mol. The largest absolute Gasteiger partial charge is 0.434 e. The minimum atomic E-state index is -2.95. The number of carbonyl (C=O) groups excluding carboxylic acids is 1. The SMILES string of the molecule is O=C(c1ccccc1OC(F)F)N1CCN(CCCCO)CC1. The Balaban J connectivity index is 1.92. The Morgan fingerprint density at radius 1 is 1.17 bits per heavy atom. The number of hydrogen-bond acceptors (Lipinski definition) is 4. The van der Waals surface area contributed by atoms with Gasteiger partial charge in [0, 0.05) is 32.8 Å². The Morgan fingerprint density at radius 3 is 2.52 bits per heavy atom. The number of rotatable bonds is 7. The molecule has 128 valence electrons. The van der Waals surface area contributed by atoms with E-state index in [0.717, 1.165) is 32.5 Å². The van der Waals surface area contributed by atoms with Crippen LogP contribution in [0.1, 0.15) is 23.2 Å². The zero-order valence-electron chi connectivity index (χ0n) is 13.0. The summed E-state index contributed by atoms with van der Waals surface area (Å²) in [6.07, 6.45) is 1.70. The molecule has 1 saturated heterocycles. The van der Waals surface area contributed by atoms with Crippen LogP contribution in [0, 0.1) is 0 Å². The summed E-state index contributed by atoms with van der Waals surface area (Å²) in [4.78, 5) is 16.4. The van der Waals surface area contributed by atoms with E-state index in [0.29, 0.717) is 13.1 Å². The summed E-state index contributed by atoms with van der Waals surface area (Å²) in [6.45, 7) is 0.742. The molecule has 23 heavy (non-hydrogen) atoms. The highest BCUT2D eigenvalue weighted by atomic mass is 19.3. The van der Waals surface area contributed by atoms with Crippen LogP contribution in [-0.4, -0.2) is 66.8 Å². The van der Waals surface area contributed by atoms with Gasteiger partial charge in [0.2, 0.25) is 0 Å². The number of para-hydroxylation sites is 1. The highest BCUT2D eigenvalue weighted by molar-refractivity contribution is 5.97. The lowest BCUT2D eigenvalue weighted by molar-refractivity contribution is -0.0503. The maximum atomic E-state index is 12.5. The van der Waals surface area contributed by atoms with Crippen molar-refractivity contribution in [2.45, 2.75) is 19.5 Å². The third-order valence-corrected chi connectivity index (χ3v) is 3.88. The molecular weight excluding hydrogens is 306 g/mol. The molecule has 0 atom stereocenters. The fourth-order valence-electron chi connectivity index (χ4n) is 2.63. The van der Waals surface area contributed by atoms with E-state index in [1.807, 2.05) is 0 Å². The summed E-state index contributed by atoms with van der Waals surface area (Å²) < 4.78 is 29.3. The van der Waals surface area contributed by atoms with Crippen molar-refractivity contribution in [3.63, 3.8) is 0 Å². The van der Waals surface area contributed by atoms with Gasteiger partial charge in [0.25, 0.3) is 5.91 Å². The number of piperazine rings is 1. The van der Waals surface area contributed by atoms with Crippen LogP contribution < -0.4 is 4.74 Å². The predicted octanol–water partition coefficient (Wildman–Crippen LogP) is 1.82. The van der Waals surface area contributed by atoms with Gasteiger partial charge in [-0.1, -0.05) is 12.1 Å². The Kier molecular flexibility index (Phi) is 6.73. The topological polar surface area (TPSA) is 53.0 Å². The Labute approximate surface area is 134 Å². The van der Waals surface area contributed by atoms with Crippen LogP contribution in [0.15, 0.2) is 24.3 Å². The van der Waals surface area contributed by atoms with Gasteiger partial charge in [-0.2, -0.15) is 8.78 Å². The van der Waals surface area contributed by atoms with Gasteiger partial charge in [0.15, 0.2) is 0 Å². The minimum absolute atomic E-state index is 0.0853. The first-order chi connectivity index (χ1) is 11.1. The molecular formula is C16H22F2N2O3. The van der Waals surface area contributed by atoms with Crippen molar-refractivity contribution in [3.8, 4) is 5.75 Å². The van der Waals surface area contributed by atoms with Crippen molar-refractivity contribution >= 4 is 5.91 Å². The number of nitrogens with zero attached hydrogens (tertiary/aromatic N) is 2. The molecule has 1 heterocycles. The summed E-state index contributed by atoms with van der Waals surface area (Å²) in [5.41, 5.74) is 0.168. The first-order valence-electron chi connectivity index (χ1n) is 7.78. The highest BCUT2D eigenvalue weighted by Crippen LogP contribution is 2.22. The standard InChI is InChI=1S/C16H22F2N2O3/c17-16(18)23-14-6-2-1-5-13(14)15(22)20-10-8-19(9-11-20)7-3-4-12-21/h1-2,5-6,16,21H,3-4,7-12H2. The number of amides is 1. The van der Waals surface area contributed by atoms with Crippen molar-refractivity contribution in [1.29, 1.82) is 0 Å². The van der Waals surface area contributed by atoms with Crippen LogP contribution >= 0.6 is 0 Å². The average Bonchev–Trinajstić information content (AvgIpc) is 2.55. The number of hydrogen-bond donors (Lipinski definition) is 1. The Hall–Kier alpha value is -1.73. The number of carbonyl (C=O) groups is 1. The van der Waals surface area contributed by atoms with Gasteiger partial charge >= 0.3 is 6.61 Å². The van der Waals surface area contributed by atoms with Crippen molar-refractivity contribution < 1.29 is 23.4 Å². The van der Waals surface area contributed by atoms with Crippen LogP contribution in [0.4, 0.5) is 8.78 Å². The molecule has 0 aromatic heterocycles. The molecule has 0 saturated carbocycles. The number of aliphatic hydroxyl groups excluding tert-OH is 1. The second-order valence-electron chi connectivity index (χ2n) is 5.44. The molecule has 5 nitrogen and oxygen atoms in total. The monoisotopic (exact) mass is 328 g/mol. The van der Waals surface area contributed by atoms with Gasteiger partial charge in [0.1, 0.15) is 5.75 Å². The first kappa shape index (κ1) is 17.6. The van der Waals surface area contributed by atoms with E-state index in [2.05, 4.69) is 9.64 Å². The number of ether oxygens (including phenoxy) is 1. The maximum absolute atomic E-state index is 12.5. The number of alkyl halides is 2. The lowest BCUT2D eigenvalue weighted by Crippen LogP contribution is -2.48. The van der Waals surface area contributed by atoms with E-state index in [1.165, 1.54) is 12.1 Å². The minimum Gasteiger partial charge on any atom is -0.434 e. The van der Waals surface area contributed by atoms with E-state index >= 15 is 0 Å². The van der Waals surface area contributed by atoms with Gasteiger partial charge in [-0.15, -0.1) is 0 Å². The van der Waals surface area contributed by atoms with Crippen LogP contribution in [0.5, 0.6) is 5.75 Å². The molecule has 7 heteroatoms. The fourth-order valence-corrected chi connectivity index (χ4v) is 2.63. The van der Waals surface area contributed by atoms with Gasteiger partial charge < -0.3 is 14.7 Å². The first-order valence-corrected chi connectivity index (χ1v) is 7.78. The zero-order chi connectivity index (χ0) is 16.7. The normalized spacial score (nSPS) is 15.9. The third kappa shape index (κ3) is 5.14. The van der Waals surface area contributed by atoms with Crippen molar-refractivity contribution in [2.75, 3.05) is 39.3 Å². The lowest BCUT2D eigenvalue weighted by Gasteiger charge is -2.35. The molecule has 1 aromatic rings. The number of benzene rings is 1. The molecule has 0 unspecified atom stereocenters. The molecule has 1 aromatic carbocycles. The molecule has 1 aliphatic rings. The average molecular weight is 328 g/mol. The molecule has 2 rings (SSSR count).